The molecule has 0 aliphatic rings. The quantitative estimate of drug-likeness (QED) is 0.681. The summed E-state index contributed by atoms with van der Waals surface area (Å²) in [5.74, 6) is 0.985. The van der Waals surface area contributed by atoms with E-state index in [1.54, 1.807) is 31.4 Å². The second-order valence-corrected chi connectivity index (χ2v) is 5.99. The van der Waals surface area contributed by atoms with Crippen molar-refractivity contribution < 1.29 is 14.3 Å². The minimum atomic E-state index is -0.256. The number of rotatable bonds is 7. The van der Waals surface area contributed by atoms with Gasteiger partial charge in [-0.05, 0) is 36.4 Å². The van der Waals surface area contributed by atoms with Crippen molar-refractivity contribution in [3.8, 4) is 22.8 Å². The Balaban J connectivity index is 1.63. The molecule has 3 rings (SSSR count). The molecule has 7 nitrogen and oxygen atoms in total. The van der Waals surface area contributed by atoms with Crippen LogP contribution in [0.25, 0.3) is 11.3 Å². The number of methoxy groups -OCH3 is 2. The fraction of sp³-hybridized carbons (Fsp3) is 0.190. The van der Waals surface area contributed by atoms with Gasteiger partial charge in [0.25, 0.3) is 11.5 Å². The summed E-state index contributed by atoms with van der Waals surface area (Å²) in [4.78, 5) is 29.0. The molecular formula is C21H21N3O4. The zero-order valence-electron chi connectivity index (χ0n) is 15.7. The zero-order chi connectivity index (χ0) is 19.9. The molecule has 0 saturated heterocycles. The topological polar surface area (TPSA) is 82.5 Å². The third kappa shape index (κ3) is 4.37. The van der Waals surface area contributed by atoms with Gasteiger partial charge >= 0.3 is 0 Å². The third-order valence-corrected chi connectivity index (χ3v) is 4.26. The van der Waals surface area contributed by atoms with E-state index in [-0.39, 0.29) is 11.5 Å². The number of benzene rings is 2. The van der Waals surface area contributed by atoms with Gasteiger partial charge < -0.3 is 14.8 Å². The fourth-order valence-corrected chi connectivity index (χ4v) is 2.73. The monoisotopic (exact) mass is 379 g/mol. The van der Waals surface area contributed by atoms with E-state index in [0.717, 1.165) is 11.3 Å². The lowest BCUT2D eigenvalue weighted by Gasteiger charge is -2.10. The second kappa shape index (κ2) is 8.85. The lowest BCUT2D eigenvalue weighted by Crippen LogP contribution is -2.31. The molecule has 3 aromatic rings. The van der Waals surface area contributed by atoms with Crippen LogP contribution in [0, 0.1) is 0 Å². The Morgan fingerprint density at radius 1 is 1.07 bits per heavy atom. The van der Waals surface area contributed by atoms with Gasteiger partial charge in [0.05, 0.1) is 31.8 Å². The Hall–Kier alpha value is -3.61. The van der Waals surface area contributed by atoms with Crippen LogP contribution < -0.4 is 20.3 Å². The molecule has 1 amide bonds. The largest absolute Gasteiger partial charge is 0.497 e. The Labute approximate surface area is 162 Å². The number of amides is 1. The highest BCUT2D eigenvalue weighted by Gasteiger charge is 2.11. The normalized spacial score (nSPS) is 10.4. The third-order valence-electron chi connectivity index (χ3n) is 4.26. The van der Waals surface area contributed by atoms with E-state index in [1.807, 2.05) is 24.3 Å². The van der Waals surface area contributed by atoms with Gasteiger partial charge in [-0.2, -0.15) is 0 Å². The van der Waals surface area contributed by atoms with Gasteiger partial charge in [-0.1, -0.05) is 12.1 Å². The number of nitrogens with one attached hydrogen (secondary N) is 1. The van der Waals surface area contributed by atoms with Gasteiger partial charge in [0, 0.05) is 24.7 Å². The van der Waals surface area contributed by atoms with Gasteiger partial charge in [-0.3, -0.25) is 14.2 Å². The second-order valence-electron chi connectivity index (χ2n) is 5.99. The van der Waals surface area contributed by atoms with E-state index >= 15 is 0 Å². The van der Waals surface area contributed by atoms with Crippen LogP contribution in [0.1, 0.15) is 10.4 Å². The van der Waals surface area contributed by atoms with Gasteiger partial charge in [-0.15, -0.1) is 0 Å². The smallest absolute Gasteiger partial charge is 0.255 e. The average molecular weight is 379 g/mol. The van der Waals surface area contributed by atoms with Crippen molar-refractivity contribution in [3.05, 3.63) is 76.8 Å². The van der Waals surface area contributed by atoms with E-state index in [1.165, 1.54) is 24.1 Å². The molecule has 0 fully saturated rings. The van der Waals surface area contributed by atoms with Gasteiger partial charge in [0.1, 0.15) is 11.5 Å². The maximum absolute atomic E-state index is 12.3. The summed E-state index contributed by atoms with van der Waals surface area (Å²) < 4.78 is 11.8. The first kappa shape index (κ1) is 19.2. The van der Waals surface area contributed by atoms with Crippen LogP contribution in [0.15, 0.2) is 65.7 Å². The highest BCUT2D eigenvalue weighted by molar-refractivity contribution is 5.96. The molecule has 2 aromatic carbocycles. The molecule has 1 N–H and O–H groups in total. The van der Waals surface area contributed by atoms with Crippen LogP contribution in [-0.4, -0.2) is 36.2 Å². The van der Waals surface area contributed by atoms with E-state index < -0.39 is 0 Å². The first-order valence-electron chi connectivity index (χ1n) is 8.74. The highest BCUT2D eigenvalue weighted by Crippen LogP contribution is 2.19. The Morgan fingerprint density at radius 2 is 1.82 bits per heavy atom. The van der Waals surface area contributed by atoms with Gasteiger partial charge in [-0.25, -0.2) is 4.98 Å². The van der Waals surface area contributed by atoms with Crippen molar-refractivity contribution in [2.45, 2.75) is 6.54 Å². The van der Waals surface area contributed by atoms with Crippen LogP contribution in [0.3, 0.4) is 0 Å². The molecule has 0 unspecified atom stereocenters. The zero-order valence-corrected chi connectivity index (χ0v) is 15.7. The molecule has 1 heterocycles. The van der Waals surface area contributed by atoms with Crippen molar-refractivity contribution in [1.82, 2.24) is 14.9 Å². The van der Waals surface area contributed by atoms with Gasteiger partial charge in [0.15, 0.2) is 0 Å². The molecule has 144 valence electrons. The summed E-state index contributed by atoms with van der Waals surface area (Å²) in [6.45, 7) is 0.607. The average Bonchev–Trinajstić information content (AvgIpc) is 2.74. The summed E-state index contributed by atoms with van der Waals surface area (Å²) in [6, 6.07) is 15.8. The van der Waals surface area contributed by atoms with Crippen LogP contribution in [0.5, 0.6) is 11.5 Å². The predicted octanol–water partition coefficient (Wildman–Crippen LogP) is 2.36. The molecule has 0 radical (unpaired) electrons. The predicted molar refractivity (Wildman–Crippen MR) is 106 cm³/mol. The van der Waals surface area contributed by atoms with Crippen molar-refractivity contribution in [2.75, 3.05) is 20.8 Å². The van der Waals surface area contributed by atoms with Gasteiger partial charge in [0.2, 0.25) is 0 Å². The maximum Gasteiger partial charge on any atom is 0.255 e. The SMILES string of the molecule is COc1ccc(-c2cc(=O)n(CCNC(=O)c3ccccc3OC)cn2)cc1. The summed E-state index contributed by atoms with van der Waals surface area (Å²) in [6.07, 6.45) is 1.48. The fourth-order valence-electron chi connectivity index (χ4n) is 2.73. The molecule has 0 saturated carbocycles. The van der Waals surface area contributed by atoms with Crippen LogP contribution >= 0.6 is 0 Å². The maximum atomic E-state index is 12.3. The van der Waals surface area contributed by atoms with E-state index in [9.17, 15) is 9.59 Å². The standard InChI is InChI=1S/C21H21N3O4/c1-27-16-9-7-15(8-10-16)18-13-20(25)24(14-23-18)12-11-22-21(26)17-5-3-4-6-19(17)28-2/h3-10,13-14H,11-12H2,1-2H3,(H,22,26). The molecular weight excluding hydrogens is 358 g/mol. The molecule has 0 atom stereocenters. The molecule has 7 heteroatoms. The summed E-state index contributed by atoms with van der Waals surface area (Å²) in [5, 5.41) is 2.79. The van der Waals surface area contributed by atoms with Crippen molar-refractivity contribution in [3.63, 3.8) is 0 Å². The van der Waals surface area contributed by atoms with E-state index in [2.05, 4.69) is 10.3 Å². The molecule has 0 aliphatic carbocycles. The summed E-state index contributed by atoms with van der Waals surface area (Å²) >= 11 is 0. The van der Waals surface area contributed by atoms with Crippen LogP contribution in [0.2, 0.25) is 0 Å². The van der Waals surface area contributed by atoms with Crippen molar-refractivity contribution in [1.29, 1.82) is 0 Å². The Kier molecular flexibility index (Phi) is 6.06. The number of hydrogen-bond donors (Lipinski definition) is 1. The Bertz CT molecular complexity index is 1010. The van der Waals surface area contributed by atoms with Crippen LogP contribution in [0.4, 0.5) is 0 Å². The van der Waals surface area contributed by atoms with Crippen molar-refractivity contribution >= 4 is 5.91 Å². The minimum Gasteiger partial charge on any atom is -0.497 e. The van der Waals surface area contributed by atoms with E-state index in [4.69, 9.17) is 9.47 Å². The molecule has 0 bridgehead atoms. The molecule has 28 heavy (non-hydrogen) atoms. The van der Waals surface area contributed by atoms with Crippen LogP contribution in [-0.2, 0) is 6.54 Å². The summed E-state index contributed by atoms with van der Waals surface area (Å²) in [7, 11) is 3.11. The lowest BCUT2D eigenvalue weighted by atomic mass is 10.1. The molecule has 0 spiro atoms. The minimum absolute atomic E-state index is 0.188. The lowest BCUT2D eigenvalue weighted by molar-refractivity contribution is 0.0949. The number of aromatic nitrogens is 2. The van der Waals surface area contributed by atoms with Crippen molar-refractivity contribution in [2.24, 2.45) is 0 Å². The highest BCUT2D eigenvalue weighted by atomic mass is 16.5. The first-order chi connectivity index (χ1) is 13.6. The number of ether oxygens (including phenoxy) is 2. The molecule has 0 aliphatic heterocycles. The number of para-hydroxylation sites is 1. The Morgan fingerprint density at radius 3 is 2.50 bits per heavy atom. The summed E-state index contributed by atoms with van der Waals surface area (Å²) in [5.41, 5.74) is 1.68. The van der Waals surface area contributed by atoms with E-state index in [0.29, 0.717) is 30.1 Å². The number of carbonyl (C=O) groups excluding carboxylic acids is 1. The molecule has 1 aromatic heterocycles. The number of hydrogen-bond acceptors (Lipinski definition) is 5. The number of nitrogens with zero attached hydrogens (tertiary/aromatic N) is 2. The number of carbonyl (C=O) groups is 1. The first-order valence-corrected chi connectivity index (χ1v) is 8.74.